The topological polar surface area (TPSA) is 119 Å². The van der Waals surface area contributed by atoms with Gasteiger partial charge in [0.2, 0.25) is 0 Å². The molecule has 3 rings (SSSR count). The van der Waals surface area contributed by atoms with Crippen molar-refractivity contribution in [2.75, 3.05) is 18.5 Å². The van der Waals surface area contributed by atoms with Gasteiger partial charge in [0.1, 0.15) is 0 Å². The van der Waals surface area contributed by atoms with Crippen molar-refractivity contribution in [2.24, 2.45) is 0 Å². The highest BCUT2D eigenvalue weighted by atomic mass is 16.5. The van der Waals surface area contributed by atoms with Gasteiger partial charge in [0.15, 0.2) is 0 Å². The Morgan fingerprint density at radius 3 is 2.09 bits per heavy atom. The van der Waals surface area contributed by atoms with Crippen molar-refractivity contribution < 1.29 is 19.4 Å². The van der Waals surface area contributed by atoms with E-state index in [-0.39, 0.29) is 12.3 Å². The number of hydrogen-bond acceptors (Lipinski definition) is 8. The molecule has 0 bridgehead atoms. The maximum atomic E-state index is 11.3. The molecule has 0 radical (unpaired) electrons. The molecule has 32 heavy (non-hydrogen) atoms. The van der Waals surface area contributed by atoms with Gasteiger partial charge in [-0.25, -0.2) is 19.9 Å². The Morgan fingerprint density at radius 1 is 0.969 bits per heavy atom. The lowest BCUT2D eigenvalue weighted by atomic mass is 9.91. The van der Waals surface area contributed by atoms with Crippen molar-refractivity contribution in [1.29, 1.82) is 0 Å². The second kappa shape index (κ2) is 11.0. The zero-order valence-electron chi connectivity index (χ0n) is 18.4. The van der Waals surface area contributed by atoms with Gasteiger partial charge in [-0.3, -0.25) is 4.79 Å². The minimum absolute atomic E-state index is 0.0631. The SMILES string of the molecule is CCOc1ncc(Nc2cc([C@H](CC)CC(=O)O)ccc2-c2cnc(OCC)nc2)cn1. The average Bonchev–Trinajstić information content (AvgIpc) is 2.80. The predicted octanol–water partition coefficient (Wildman–Crippen LogP) is 4.44. The van der Waals surface area contributed by atoms with Crippen molar-refractivity contribution in [1.82, 2.24) is 19.9 Å². The lowest BCUT2D eigenvalue weighted by Gasteiger charge is -2.18. The first-order valence-corrected chi connectivity index (χ1v) is 10.6. The Balaban J connectivity index is 1.98. The summed E-state index contributed by atoms with van der Waals surface area (Å²) in [5.74, 6) is -0.925. The summed E-state index contributed by atoms with van der Waals surface area (Å²) in [6.07, 6.45) is 7.44. The third-order valence-corrected chi connectivity index (χ3v) is 4.82. The molecule has 9 heteroatoms. The third-order valence-electron chi connectivity index (χ3n) is 4.82. The molecule has 0 amide bonds. The Labute approximate surface area is 186 Å². The molecule has 0 aliphatic carbocycles. The Kier molecular flexibility index (Phi) is 7.91. The van der Waals surface area contributed by atoms with E-state index in [1.165, 1.54) is 0 Å². The molecular weight excluding hydrogens is 410 g/mol. The molecule has 0 aliphatic rings. The number of carboxylic acid groups (broad SMARTS) is 1. The number of carboxylic acids is 1. The van der Waals surface area contributed by atoms with Crippen LogP contribution in [0.5, 0.6) is 12.0 Å². The molecule has 2 heterocycles. The van der Waals surface area contributed by atoms with Crippen LogP contribution in [0.2, 0.25) is 0 Å². The van der Waals surface area contributed by atoms with Crippen molar-refractivity contribution in [3.63, 3.8) is 0 Å². The van der Waals surface area contributed by atoms with Gasteiger partial charge < -0.3 is 19.9 Å². The van der Waals surface area contributed by atoms with Crippen LogP contribution in [-0.4, -0.2) is 44.2 Å². The second-order valence-electron chi connectivity index (χ2n) is 7.01. The first-order valence-electron chi connectivity index (χ1n) is 10.6. The number of benzene rings is 1. The highest BCUT2D eigenvalue weighted by Gasteiger charge is 2.17. The van der Waals surface area contributed by atoms with Crippen LogP contribution >= 0.6 is 0 Å². The van der Waals surface area contributed by atoms with E-state index < -0.39 is 5.97 Å². The summed E-state index contributed by atoms with van der Waals surface area (Å²) in [5, 5.41) is 12.6. The van der Waals surface area contributed by atoms with Gasteiger partial charge in [-0.15, -0.1) is 0 Å². The normalized spacial score (nSPS) is 11.6. The maximum Gasteiger partial charge on any atom is 0.316 e. The number of anilines is 2. The molecule has 0 saturated carbocycles. The van der Waals surface area contributed by atoms with Crippen molar-refractivity contribution in [2.45, 2.75) is 39.5 Å². The third kappa shape index (κ3) is 5.90. The van der Waals surface area contributed by atoms with Crippen LogP contribution in [0.3, 0.4) is 0 Å². The van der Waals surface area contributed by atoms with Crippen molar-refractivity contribution >= 4 is 17.3 Å². The van der Waals surface area contributed by atoms with E-state index in [1.54, 1.807) is 24.8 Å². The molecule has 0 saturated heterocycles. The number of aliphatic carboxylic acids is 1. The molecule has 168 valence electrons. The maximum absolute atomic E-state index is 11.3. The summed E-state index contributed by atoms with van der Waals surface area (Å²) in [6.45, 7) is 6.69. The van der Waals surface area contributed by atoms with E-state index in [0.717, 1.165) is 22.4 Å². The van der Waals surface area contributed by atoms with E-state index in [4.69, 9.17) is 9.47 Å². The molecule has 1 atom stereocenters. The number of rotatable bonds is 11. The van der Waals surface area contributed by atoms with Crippen molar-refractivity contribution in [3.05, 3.63) is 48.5 Å². The van der Waals surface area contributed by atoms with E-state index in [2.05, 4.69) is 25.3 Å². The predicted molar refractivity (Wildman–Crippen MR) is 120 cm³/mol. The summed E-state index contributed by atoms with van der Waals surface area (Å²) in [5.41, 5.74) is 4.02. The fourth-order valence-corrected chi connectivity index (χ4v) is 3.28. The first-order chi connectivity index (χ1) is 15.5. The number of ether oxygens (including phenoxy) is 2. The highest BCUT2D eigenvalue weighted by molar-refractivity contribution is 5.81. The van der Waals surface area contributed by atoms with Crippen LogP contribution < -0.4 is 14.8 Å². The van der Waals surface area contributed by atoms with E-state index >= 15 is 0 Å². The molecule has 2 N–H and O–H groups in total. The summed E-state index contributed by atoms with van der Waals surface area (Å²) in [4.78, 5) is 28.2. The van der Waals surface area contributed by atoms with Crippen LogP contribution in [-0.2, 0) is 4.79 Å². The van der Waals surface area contributed by atoms with Crippen LogP contribution in [0, 0.1) is 0 Å². The van der Waals surface area contributed by atoms with E-state index in [9.17, 15) is 9.90 Å². The lowest BCUT2D eigenvalue weighted by Crippen LogP contribution is -2.06. The zero-order valence-corrected chi connectivity index (χ0v) is 18.4. The fourth-order valence-electron chi connectivity index (χ4n) is 3.28. The lowest BCUT2D eigenvalue weighted by molar-refractivity contribution is -0.137. The number of carbonyl (C=O) groups is 1. The Bertz CT molecular complexity index is 1030. The first kappa shape index (κ1) is 22.9. The van der Waals surface area contributed by atoms with Crippen LogP contribution in [0.15, 0.2) is 43.0 Å². The van der Waals surface area contributed by atoms with Gasteiger partial charge in [0.05, 0.1) is 37.7 Å². The molecule has 9 nitrogen and oxygen atoms in total. The molecule has 2 aromatic heterocycles. The molecule has 1 aromatic carbocycles. The van der Waals surface area contributed by atoms with Crippen LogP contribution in [0.4, 0.5) is 11.4 Å². The van der Waals surface area contributed by atoms with E-state index in [0.29, 0.717) is 37.3 Å². The fraction of sp³-hybridized carbons (Fsp3) is 0.348. The minimum atomic E-state index is -0.824. The summed E-state index contributed by atoms with van der Waals surface area (Å²) in [7, 11) is 0. The van der Waals surface area contributed by atoms with Crippen LogP contribution in [0.25, 0.3) is 11.1 Å². The summed E-state index contributed by atoms with van der Waals surface area (Å²) in [6, 6.07) is 6.47. The van der Waals surface area contributed by atoms with Crippen LogP contribution in [0.1, 0.15) is 45.1 Å². The van der Waals surface area contributed by atoms with Gasteiger partial charge >= 0.3 is 18.0 Å². The number of nitrogens with one attached hydrogen (secondary N) is 1. The van der Waals surface area contributed by atoms with Crippen molar-refractivity contribution in [3.8, 4) is 23.1 Å². The molecule has 3 aromatic rings. The minimum Gasteiger partial charge on any atom is -0.481 e. The molecular formula is C23H27N5O4. The Hall–Kier alpha value is -3.75. The molecule has 0 fully saturated rings. The largest absolute Gasteiger partial charge is 0.481 e. The van der Waals surface area contributed by atoms with Gasteiger partial charge in [-0.05, 0) is 37.8 Å². The average molecular weight is 438 g/mol. The van der Waals surface area contributed by atoms with Gasteiger partial charge in [0, 0.05) is 29.2 Å². The summed E-state index contributed by atoms with van der Waals surface area (Å²) < 4.78 is 10.6. The number of hydrogen-bond donors (Lipinski definition) is 2. The van der Waals surface area contributed by atoms with Gasteiger partial charge in [-0.1, -0.05) is 19.1 Å². The second-order valence-corrected chi connectivity index (χ2v) is 7.01. The van der Waals surface area contributed by atoms with Gasteiger partial charge in [0.25, 0.3) is 0 Å². The highest BCUT2D eigenvalue weighted by Crippen LogP contribution is 2.34. The van der Waals surface area contributed by atoms with Gasteiger partial charge in [-0.2, -0.15) is 0 Å². The monoisotopic (exact) mass is 437 g/mol. The zero-order chi connectivity index (χ0) is 22.9. The Morgan fingerprint density at radius 2 is 1.56 bits per heavy atom. The molecule has 0 unspecified atom stereocenters. The van der Waals surface area contributed by atoms with E-state index in [1.807, 2.05) is 39.0 Å². The number of aromatic nitrogens is 4. The molecule has 0 aliphatic heterocycles. The standard InChI is InChI=1S/C23H27N5O4/c1-4-15(10-21(29)30)16-7-8-19(17-11-24-22(25-12-17)31-5-2)20(9-16)28-18-13-26-23(27-14-18)32-6-3/h7-9,11-15,28H,4-6,10H2,1-3H3,(H,29,30)/t15-/m1/s1. The molecule has 0 spiro atoms. The smallest absolute Gasteiger partial charge is 0.316 e. The number of nitrogens with zero attached hydrogens (tertiary/aromatic N) is 4. The summed E-state index contributed by atoms with van der Waals surface area (Å²) >= 11 is 0. The quantitative estimate of drug-likeness (QED) is 0.448.